The van der Waals surface area contributed by atoms with Crippen molar-refractivity contribution in [2.75, 3.05) is 5.32 Å². The summed E-state index contributed by atoms with van der Waals surface area (Å²) in [5, 5.41) is 13.4. The Morgan fingerprint density at radius 1 is 1.36 bits per heavy atom. The second-order valence-corrected chi connectivity index (χ2v) is 5.39. The third-order valence-electron chi connectivity index (χ3n) is 3.96. The first kappa shape index (κ1) is 14.4. The molecule has 1 aromatic heterocycles. The molecule has 2 aromatic rings. The van der Waals surface area contributed by atoms with Gasteiger partial charge in [-0.25, -0.2) is 0 Å². The molecule has 22 heavy (non-hydrogen) atoms. The van der Waals surface area contributed by atoms with Crippen molar-refractivity contribution >= 4 is 17.4 Å². The molecule has 1 amide bonds. The van der Waals surface area contributed by atoms with Gasteiger partial charge < -0.3 is 10.4 Å². The van der Waals surface area contributed by atoms with Gasteiger partial charge in [-0.1, -0.05) is 19.1 Å². The zero-order chi connectivity index (χ0) is 15.7. The minimum atomic E-state index is -1.83. The van der Waals surface area contributed by atoms with Gasteiger partial charge in [-0.3, -0.25) is 14.6 Å². The van der Waals surface area contributed by atoms with Crippen LogP contribution >= 0.6 is 0 Å². The van der Waals surface area contributed by atoms with Crippen LogP contribution in [0.4, 0.5) is 5.69 Å². The summed E-state index contributed by atoms with van der Waals surface area (Å²) in [5.74, 6) is -0.881. The van der Waals surface area contributed by atoms with E-state index in [0.717, 1.165) is 12.0 Å². The number of nitrogens with zero attached hydrogens (tertiary/aromatic N) is 1. The smallest absolute Gasteiger partial charge is 0.261 e. The number of ketones is 1. The number of hydrogen-bond donors (Lipinski definition) is 2. The number of aromatic nitrogens is 1. The van der Waals surface area contributed by atoms with Crippen molar-refractivity contribution in [1.82, 2.24) is 4.98 Å². The summed E-state index contributed by atoms with van der Waals surface area (Å²) in [6.45, 7) is 1.99. The predicted molar refractivity (Wildman–Crippen MR) is 81.5 cm³/mol. The highest BCUT2D eigenvalue weighted by Crippen LogP contribution is 2.39. The number of hydrogen-bond acceptors (Lipinski definition) is 4. The van der Waals surface area contributed by atoms with E-state index in [4.69, 9.17) is 0 Å². The van der Waals surface area contributed by atoms with Crippen LogP contribution in [-0.4, -0.2) is 21.8 Å². The lowest BCUT2D eigenvalue weighted by molar-refractivity contribution is -0.133. The number of fused-ring (bicyclic) bond motifs is 1. The molecule has 0 saturated heterocycles. The standard InChI is InChI=1S/C17H16N2O3/c1-2-11-5-6-14-13(8-11)17(22,16(21)19-14)9-15(20)12-4-3-7-18-10-12/h3-8,10,22H,2,9H2,1H3,(H,19,21)/t17-/m1/s1. The third kappa shape index (κ3) is 2.29. The molecule has 1 aliphatic rings. The third-order valence-corrected chi connectivity index (χ3v) is 3.96. The number of aryl methyl sites for hydroxylation is 1. The number of anilines is 1. The van der Waals surface area contributed by atoms with E-state index < -0.39 is 11.5 Å². The fourth-order valence-electron chi connectivity index (χ4n) is 2.65. The molecule has 0 radical (unpaired) electrons. The number of pyridine rings is 1. The van der Waals surface area contributed by atoms with Crippen molar-refractivity contribution in [1.29, 1.82) is 0 Å². The van der Waals surface area contributed by atoms with Gasteiger partial charge in [0.1, 0.15) is 0 Å². The topological polar surface area (TPSA) is 79.3 Å². The number of carbonyl (C=O) groups excluding carboxylic acids is 2. The predicted octanol–water partition coefficient (Wildman–Crippen LogP) is 2.06. The number of carbonyl (C=O) groups is 2. The van der Waals surface area contributed by atoms with E-state index in [1.807, 2.05) is 13.0 Å². The van der Waals surface area contributed by atoms with Gasteiger partial charge in [-0.05, 0) is 30.2 Å². The van der Waals surface area contributed by atoms with Crippen LogP contribution in [0.25, 0.3) is 0 Å². The lowest BCUT2D eigenvalue weighted by atomic mass is 9.87. The maximum atomic E-state index is 12.3. The van der Waals surface area contributed by atoms with Crippen LogP contribution in [0, 0.1) is 0 Å². The number of aliphatic hydroxyl groups is 1. The van der Waals surface area contributed by atoms with E-state index in [9.17, 15) is 14.7 Å². The Balaban J connectivity index is 1.96. The average molecular weight is 296 g/mol. The SMILES string of the molecule is CCc1ccc2c(c1)[C@](O)(CC(=O)c1cccnc1)C(=O)N2. The van der Waals surface area contributed by atoms with Gasteiger partial charge in [-0.2, -0.15) is 0 Å². The lowest BCUT2D eigenvalue weighted by Gasteiger charge is -2.20. The number of rotatable bonds is 4. The van der Waals surface area contributed by atoms with Crippen LogP contribution in [0.1, 0.15) is 34.8 Å². The van der Waals surface area contributed by atoms with Gasteiger partial charge in [-0.15, -0.1) is 0 Å². The largest absolute Gasteiger partial charge is 0.375 e. The van der Waals surface area contributed by atoms with Crippen LogP contribution < -0.4 is 5.32 Å². The lowest BCUT2D eigenvalue weighted by Crippen LogP contribution is -2.36. The first-order chi connectivity index (χ1) is 10.5. The first-order valence-electron chi connectivity index (χ1n) is 7.15. The number of amides is 1. The first-order valence-corrected chi connectivity index (χ1v) is 7.15. The Bertz CT molecular complexity index is 743. The van der Waals surface area contributed by atoms with E-state index in [0.29, 0.717) is 16.8 Å². The summed E-state index contributed by atoms with van der Waals surface area (Å²) in [6, 6.07) is 8.71. The Morgan fingerprint density at radius 2 is 2.18 bits per heavy atom. The van der Waals surface area contributed by atoms with Gasteiger partial charge in [0.25, 0.3) is 5.91 Å². The zero-order valence-electron chi connectivity index (χ0n) is 12.2. The minimum absolute atomic E-state index is 0.301. The fourth-order valence-corrected chi connectivity index (χ4v) is 2.65. The maximum Gasteiger partial charge on any atom is 0.261 e. The van der Waals surface area contributed by atoms with Gasteiger partial charge in [0.2, 0.25) is 0 Å². The Kier molecular flexibility index (Phi) is 3.50. The monoisotopic (exact) mass is 296 g/mol. The number of nitrogens with one attached hydrogen (secondary N) is 1. The summed E-state index contributed by atoms with van der Waals surface area (Å²) in [4.78, 5) is 28.4. The van der Waals surface area contributed by atoms with Crippen molar-refractivity contribution in [2.24, 2.45) is 0 Å². The molecule has 0 aliphatic carbocycles. The Labute approximate surface area is 128 Å². The molecule has 0 saturated carbocycles. The van der Waals surface area contributed by atoms with E-state index in [2.05, 4.69) is 10.3 Å². The molecule has 112 valence electrons. The molecule has 0 unspecified atom stereocenters. The highest BCUT2D eigenvalue weighted by atomic mass is 16.3. The summed E-state index contributed by atoms with van der Waals surface area (Å²) in [7, 11) is 0. The summed E-state index contributed by atoms with van der Waals surface area (Å²) >= 11 is 0. The fraction of sp³-hybridized carbons (Fsp3) is 0.235. The molecule has 1 aromatic carbocycles. The number of Topliss-reactive ketones (excluding diaryl/α,β-unsaturated/α-hetero) is 1. The molecule has 0 bridgehead atoms. The molecule has 2 N–H and O–H groups in total. The molecule has 5 nitrogen and oxygen atoms in total. The van der Waals surface area contributed by atoms with Crippen LogP contribution in [0.5, 0.6) is 0 Å². The molecule has 3 rings (SSSR count). The van der Waals surface area contributed by atoms with E-state index in [1.54, 1.807) is 30.5 Å². The summed E-state index contributed by atoms with van der Waals surface area (Å²) < 4.78 is 0. The summed E-state index contributed by atoms with van der Waals surface area (Å²) in [5.41, 5.74) is 0.581. The van der Waals surface area contributed by atoms with Crippen molar-refractivity contribution < 1.29 is 14.7 Å². The minimum Gasteiger partial charge on any atom is -0.375 e. The van der Waals surface area contributed by atoms with Crippen LogP contribution in [0.2, 0.25) is 0 Å². The average Bonchev–Trinajstić information content (AvgIpc) is 2.79. The second-order valence-electron chi connectivity index (χ2n) is 5.39. The highest BCUT2D eigenvalue weighted by Gasteiger charge is 2.46. The van der Waals surface area contributed by atoms with E-state index in [-0.39, 0.29) is 12.2 Å². The zero-order valence-corrected chi connectivity index (χ0v) is 12.2. The van der Waals surface area contributed by atoms with Crippen molar-refractivity contribution in [3.05, 3.63) is 59.4 Å². The summed E-state index contributed by atoms with van der Waals surface area (Å²) in [6.07, 6.45) is 3.48. The molecular weight excluding hydrogens is 280 g/mol. The van der Waals surface area contributed by atoms with Crippen molar-refractivity contribution in [3.63, 3.8) is 0 Å². The van der Waals surface area contributed by atoms with Gasteiger partial charge in [0.05, 0.1) is 6.42 Å². The van der Waals surface area contributed by atoms with Crippen LogP contribution in [0.3, 0.4) is 0 Å². The molecule has 5 heteroatoms. The van der Waals surface area contributed by atoms with E-state index in [1.165, 1.54) is 6.20 Å². The molecule has 0 spiro atoms. The van der Waals surface area contributed by atoms with Gasteiger partial charge in [0, 0.05) is 29.2 Å². The van der Waals surface area contributed by atoms with Gasteiger partial charge in [0.15, 0.2) is 11.4 Å². The Morgan fingerprint density at radius 3 is 2.86 bits per heavy atom. The van der Waals surface area contributed by atoms with E-state index >= 15 is 0 Å². The molecule has 1 atom stereocenters. The Hall–Kier alpha value is -2.53. The maximum absolute atomic E-state index is 12.3. The molecule has 0 fully saturated rings. The quantitative estimate of drug-likeness (QED) is 0.846. The normalized spacial score (nSPS) is 19.6. The second kappa shape index (κ2) is 5.35. The molecule has 2 heterocycles. The molecule has 1 aliphatic heterocycles. The van der Waals surface area contributed by atoms with Crippen LogP contribution in [-0.2, 0) is 16.8 Å². The van der Waals surface area contributed by atoms with Gasteiger partial charge >= 0.3 is 0 Å². The highest BCUT2D eigenvalue weighted by molar-refractivity contribution is 6.09. The van der Waals surface area contributed by atoms with Crippen molar-refractivity contribution in [3.8, 4) is 0 Å². The molecular formula is C17H16N2O3. The van der Waals surface area contributed by atoms with Crippen molar-refractivity contribution in [2.45, 2.75) is 25.4 Å². The van der Waals surface area contributed by atoms with Crippen LogP contribution in [0.15, 0.2) is 42.7 Å². The number of benzene rings is 1.